The maximum Gasteiger partial charge on any atom is 0.407 e. The van der Waals surface area contributed by atoms with E-state index in [2.05, 4.69) is 37.5 Å². The maximum absolute atomic E-state index is 12.8. The summed E-state index contributed by atoms with van der Waals surface area (Å²) >= 11 is 0. The topological polar surface area (TPSA) is 128 Å². The zero-order chi connectivity index (χ0) is 24.5. The average Bonchev–Trinajstić information content (AvgIpc) is 3.72. The van der Waals surface area contributed by atoms with Crippen LogP contribution in [0.1, 0.15) is 65.7 Å². The van der Waals surface area contributed by atoms with Gasteiger partial charge in [-0.2, -0.15) is 0 Å². The van der Waals surface area contributed by atoms with Gasteiger partial charge in [-0.05, 0) is 65.7 Å². The second kappa shape index (κ2) is 10.1. The van der Waals surface area contributed by atoms with Gasteiger partial charge in [0.25, 0.3) is 0 Å². The van der Waals surface area contributed by atoms with E-state index in [0.717, 1.165) is 38.5 Å². The quantitative estimate of drug-likeness (QED) is 0.360. The fourth-order valence-electron chi connectivity index (χ4n) is 6.08. The molecule has 2 heterocycles. The molecule has 0 aromatic heterocycles. The number of carbonyl (C=O) groups is 2. The minimum Gasteiger partial charge on any atom is -0.443 e. The van der Waals surface area contributed by atoms with Crippen molar-refractivity contribution < 1.29 is 28.5 Å². The van der Waals surface area contributed by atoms with Gasteiger partial charge in [-0.15, -0.1) is 0 Å². The summed E-state index contributed by atoms with van der Waals surface area (Å²) in [7, 11) is 1.68. The number of hydrogen-bond donors (Lipinski definition) is 3. The second-order valence-corrected chi connectivity index (χ2v) is 10.8. The Bertz CT molecular complexity index is 788. The molecular formula is C25H41N3O6. The van der Waals surface area contributed by atoms with Crippen LogP contribution >= 0.6 is 0 Å². The summed E-state index contributed by atoms with van der Waals surface area (Å²) in [5.74, 6) is -0.129. The Balaban J connectivity index is 1.32. The number of alkyl carbamates (subject to hydrolysis) is 1. The van der Waals surface area contributed by atoms with Gasteiger partial charge in [0.05, 0.1) is 25.2 Å². The number of amides is 2. The number of methoxy groups -OCH3 is 1. The van der Waals surface area contributed by atoms with E-state index in [9.17, 15) is 9.59 Å². The van der Waals surface area contributed by atoms with Crippen LogP contribution in [0.15, 0.2) is 11.6 Å². The van der Waals surface area contributed by atoms with Crippen molar-refractivity contribution in [1.82, 2.24) is 10.6 Å². The third-order valence-electron chi connectivity index (χ3n) is 8.10. The number of rotatable bonds is 8. The van der Waals surface area contributed by atoms with Crippen molar-refractivity contribution in [3.63, 3.8) is 0 Å². The van der Waals surface area contributed by atoms with Crippen LogP contribution in [-0.2, 0) is 23.7 Å². The molecule has 4 rings (SSSR count). The monoisotopic (exact) mass is 479 g/mol. The largest absolute Gasteiger partial charge is 0.443 e. The maximum atomic E-state index is 12.8. The van der Waals surface area contributed by atoms with Crippen molar-refractivity contribution in [1.29, 1.82) is 0 Å². The molecule has 192 valence electrons. The number of allylic oxidation sites excluding steroid dienone is 1. The van der Waals surface area contributed by atoms with Crippen molar-refractivity contribution in [2.75, 3.05) is 20.3 Å². The van der Waals surface area contributed by atoms with E-state index in [-0.39, 0.29) is 60.0 Å². The Morgan fingerprint density at radius 3 is 2.32 bits per heavy atom. The van der Waals surface area contributed by atoms with Crippen LogP contribution in [0.5, 0.6) is 0 Å². The smallest absolute Gasteiger partial charge is 0.407 e. The number of nitrogens with two attached hydrogens (primary N) is 1. The summed E-state index contributed by atoms with van der Waals surface area (Å²) in [6, 6.07) is 0.158. The number of carbonyl (C=O) groups excluding carboxylic acids is 2. The third kappa shape index (κ3) is 5.42. The van der Waals surface area contributed by atoms with Crippen LogP contribution in [-0.4, -0.2) is 73.9 Å². The van der Waals surface area contributed by atoms with E-state index >= 15 is 0 Å². The van der Waals surface area contributed by atoms with Crippen molar-refractivity contribution >= 4 is 12.0 Å². The Hall–Kier alpha value is -1.68. The first kappa shape index (κ1) is 25.4. The molecule has 2 aliphatic heterocycles. The molecule has 4 fully saturated rings. The summed E-state index contributed by atoms with van der Waals surface area (Å²) in [5, 5.41) is 5.95. The average molecular weight is 480 g/mol. The van der Waals surface area contributed by atoms with Gasteiger partial charge in [-0.1, -0.05) is 11.6 Å². The molecule has 1 spiro atoms. The van der Waals surface area contributed by atoms with Crippen molar-refractivity contribution in [3.05, 3.63) is 11.6 Å². The predicted molar refractivity (Wildman–Crippen MR) is 126 cm³/mol. The van der Waals surface area contributed by atoms with Gasteiger partial charge in [0.15, 0.2) is 0 Å². The van der Waals surface area contributed by atoms with Crippen LogP contribution in [0.2, 0.25) is 0 Å². The van der Waals surface area contributed by atoms with Crippen LogP contribution in [0.3, 0.4) is 0 Å². The zero-order valence-electron chi connectivity index (χ0n) is 20.9. The molecule has 0 bridgehead atoms. The Labute approximate surface area is 202 Å². The van der Waals surface area contributed by atoms with E-state index in [1.54, 1.807) is 7.11 Å². The van der Waals surface area contributed by atoms with Gasteiger partial charge < -0.3 is 35.3 Å². The number of ether oxygens (including phenoxy) is 4. The van der Waals surface area contributed by atoms with Crippen molar-refractivity contribution in [3.8, 4) is 0 Å². The standard InChI is InChI=1S/C25H41N3O6/c1-15(2)5-10-19-24(3,34-19)22-21(31-4)18(11-12-25(22)14-32-25)33-23(30)28-17-8-6-16(7-9-17)27-20(29)13-26/h5,16-19,21-22H,6-14,26H2,1-4H3,(H,27,29)(H,28,30)/t16?,17?,18?,19-,21?,22?,24+,25+/m1/s1. The summed E-state index contributed by atoms with van der Waals surface area (Å²) in [5.41, 5.74) is 6.06. The summed E-state index contributed by atoms with van der Waals surface area (Å²) in [4.78, 5) is 24.3. The molecule has 34 heavy (non-hydrogen) atoms. The predicted octanol–water partition coefficient (Wildman–Crippen LogP) is 2.18. The SMILES string of the molecule is COC1C(OC(=O)NC2CCC(NC(=O)CN)CC2)CC[C@]2(CO2)C1[C@@]1(C)O[C@@H]1CC=C(C)C. The zero-order valence-corrected chi connectivity index (χ0v) is 20.9. The van der Waals surface area contributed by atoms with Gasteiger partial charge in [0.1, 0.15) is 23.4 Å². The normalized spacial score (nSPS) is 40.9. The lowest BCUT2D eigenvalue weighted by molar-refractivity contribution is -0.120. The van der Waals surface area contributed by atoms with E-state index in [1.165, 1.54) is 5.57 Å². The molecule has 9 heteroatoms. The fraction of sp³-hybridized carbons (Fsp3) is 0.840. The summed E-state index contributed by atoms with van der Waals surface area (Å²) < 4.78 is 24.1. The lowest BCUT2D eigenvalue weighted by atomic mass is 9.68. The molecule has 6 atom stereocenters. The molecule has 3 unspecified atom stereocenters. The molecule has 0 aromatic rings. The number of epoxide rings is 2. The molecule has 0 radical (unpaired) electrons. The number of hydrogen-bond acceptors (Lipinski definition) is 7. The molecule has 4 aliphatic rings. The molecule has 9 nitrogen and oxygen atoms in total. The lowest BCUT2D eigenvalue weighted by Gasteiger charge is -2.42. The number of nitrogens with one attached hydrogen (secondary N) is 2. The summed E-state index contributed by atoms with van der Waals surface area (Å²) in [6.45, 7) is 7.03. The molecule has 2 saturated heterocycles. The van der Waals surface area contributed by atoms with Crippen molar-refractivity contribution in [2.45, 2.75) is 107 Å². The van der Waals surface area contributed by atoms with Gasteiger partial charge >= 0.3 is 6.09 Å². The lowest BCUT2D eigenvalue weighted by Crippen LogP contribution is -2.56. The second-order valence-electron chi connectivity index (χ2n) is 10.8. The minimum atomic E-state index is -0.407. The van der Waals surface area contributed by atoms with E-state index in [4.69, 9.17) is 24.7 Å². The molecule has 2 saturated carbocycles. The van der Waals surface area contributed by atoms with Crippen LogP contribution < -0.4 is 16.4 Å². The van der Waals surface area contributed by atoms with Crippen molar-refractivity contribution in [2.24, 2.45) is 11.7 Å². The van der Waals surface area contributed by atoms with Gasteiger partial charge in [0.2, 0.25) is 5.91 Å². The van der Waals surface area contributed by atoms with Crippen LogP contribution in [0.4, 0.5) is 4.79 Å². The molecule has 2 amide bonds. The first-order valence-electron chi connectivity index (χ1n) is 12.7. The van der Waals surface area contributed by atoms with E-state index in [1.807, 2.05) is 0 Å². The first-order chi connectivity index (χ1) is 16.2. The Kier molecular flexibility index (Phi) is 7.57. The van der Waals surface area contributed by atoms with Crippen LogP contribution in [0.25, 0.3) is 0 Å². The van der Waals surface area contributed by atoms with E-state index in [0.29, 0.717) is 13.0 Å². The molecular weight excluding hydrogens is 438 g/mol. The van der Waals surface area contributed by atoms with Crippen LogP contribution in [0, 0.1) is 5.92 Å². The fourth-order valence-corrected chi connectivity index (χ4v) is 6.08. The highest BCUT2D eigenvalue weighted by molar-refractivity contribution is 5.78. The highest BCUT2D eigenvalue weighted by Gasteiger charge is 2.72. The summed E-state index contributed by atoms with van der Waals surface area (Å²) in [6.07, 6.45) is 6.88. The van der Waals surface area contributed by atoms with E-state index < -0.39 is 6.09 Å². The van der Waals surface area contributed by atoms with Gasteiger partial charge in [-0.3, -0.25) is 4.79 Å². The highest BCUT2D eigenvalue weighted by atomic mass is 16.6. The first-order valence-corrected chi connectivity index (χ1v) is 12.7. The third-order valence-corrected chi connectivity index (χ3v) is 8.10. The highest BCUT2D eigenvalue weighted by Crippen LogP contribution is 2.59. The van der Waals surface area contributed by atoms with Gasteiger partial charge in [-0.25, -0.2) is 4.79 Å². The minimum absolute atomic E-state index is 0.000341. The molecule has 2 aliphatic carbocycles. The van der Waals surface area contributed by atoms with Gasteiger partial charge in [0, 0.05) is 19.2 Å². The molecule has 0 aromatic carbocycles. The Morgan fingerprint density at radius 2 is 1.76 bits per heavy atom. The molecule has 4 N–H and O–H groups in total. The Morgan fingerprint density at radius 1 is 1.12 bits per heavy atom.